The van der Waals surface area contributed by atoms with E-state index >= 15 is 0 Å². The number of hydrogen-bond donors (Lipinski definition) is 1. The molecule has 5 nitrogen and oxygen atoms in total. The summed E-state index contributed by atoms with van der Waals surface area (Å²) in [5, 5.41) is 2.29. The molecule has 0 saturated carbocycles. The fourth-order valence-corrected chi connectivity index (χ4v) is 4.09. The van der Waals surface area contributed by atoms with E-state index in [9.17, 15) is 18.8 Å². The molecule has 1 fully saturated rings. The number of amides is 3. The van der Waals surface area contributed by atoms with Crippen molar-refractivity contribution in [1.82, 2.24) is 10.2 Å². The molecule has 3 amide bonds. The molecule has 2 aromatic rings. The Hall–Kier alpha value is -2.58. The molecular weight excluding hydrogens is 399 g/mol. The van der Waals surface area contributed by atoms with E-state index in [1.165, 1.54) is 6.07 Å². The molecule has 144 valence electrons. The largest absolute Gasteiger partial charge is 0.354 e. The molecule has 3 rings (SSSR count). The molecule has 1 heterocycles. The van der Waals surface area contributed by atoms with Crippen molar-refractivity contribution in [2.75, 3.05) is 18.8 Å². The van der Waals surface area contributed by atoms with Crippen LogP contribution in [0.15, 0.2) is 64.4 Å². The number of hydrogen-bond acceptors (Lipinski definition) is 5. The Balaban J connectivity index is 1.47. The maximum atomic E-state index is 13.5. The molecule has 0 spiro atoms. The molecular formula is C20H17FN2O3S2. The summed E-state index contributed by atoms with van der Waals surface area (Å²) in [7, 11) is 0. The molecule has 1 N–H and O–H groups in total. The lowest BCUT2D eigenvalue weighted by Gasteiger charge is -2.13. The number of thioether (sulfide) groups is 2. The molecule has 0 radical (unpaired) electrons. The number of carbonyl (C=O) groups excluding carboxylic acids is 3. The average molecular weight is 416 g/mol. The van der Waals surface area contributed by atoms with Gasteiger partial charge in [-0.25, -0.2) is 4.39 Å². The summed E-state index contributed by atoms with van der Waals surface area (Å²) < 4.78 is 13.5. The van der Waals surface area contributed by atoms with E-state index in [4.69, 9.17) is 0 Å². The first-order chi connectivity index (χ1) is 13.5. The molecule has 28 heavy (non-hydrogen) atoms. The van der Waals surface area contributed by atoms with E-state index in [-0.39, 0.29) is 41.7 Å². The van der Waals surface area contributed by atoms with Crippen molar-refractivity contribution in [3.05, 3.63) is 70.9 Å². The van der Waals surface area contributed by atoms with Gasteiger partial charge in [0.15, 0.2) is 0 Å². The van der Waals surface area contributed by atoms with Gasteiger partial charge in [-0.2, -0.15) is 0 Å². The second-order valence-electron chi connectivity index (χ2n) is 5.81. The van der Waals surface area contributed by atoms with Crippen molar-refractivity contribution < 1.29 is 18.8 Å². The Morgan fingerprint density at radius 1 is 1.11 bits per heavy atom. The zero-order valence-corrected chi connectivity index (χ0v) is 16.4. The van der Waals surface area contributed by atoms with Crippen molar-refractivity contribution in [3.8, 4) is 0 Å². The van der Waals surface area contributed by atoms with Crippen LogP contribution in [0, 0.1) is 5.82 Å². The lowest BCUT2D eigenvalue weighted by Crippen LogP contribution is -2.37. The molecule has 1 aliphatic heterocycles. The number of halogens is 1. The molecule has 0 unspecified atom stereocenters. The van der Waals surface area contributed by atoms with E-state index in [0.717, 1.165) is 34.0 Å². The maximum absolute atomic E-state index is 13.5. The number of nitrogens with zero attached hydrogens (tertiary/aromatic N) is 1. The first-order valence-electron chi connectivity index (χ1n) is 8.49. The van der Waals surface area contributed by atoms with Crippen LogP contribution in [0.5, 0.6) is 0 Å². The van der Waals surface area contributed by atoms with E-state index in [2.05, 4.69) is 5.32 Å². The van der Waals surface area contributed by atoms with E-state index < -0.39 is 0 Å². The van der Waals surface area contributed by atoms with Gasteiger partial charge in [-0.05, 0) is 35.5 Å². The average Bonchev–Trinajstić information content (AvgIpc) is 2.95. The number of nitrogens with one attached hydrogen (secondary N) is 1. The van der Waals surface area contributed by atoms with Crippen molar-refractivity contribution in [2.24, 2.45) is 0 Å². The Morgan fingerprint density at radius 2 is 1.82 bits per heavy atom. The standard InChI is InChI=1S/C20H17FN2O3S2/c21-15-8-4-5-9-16(15)27-13-18(24)22-10-11-23-19(25)17(28-20(23)26)12-14-6-2-1-3-7-14/h1-9,12H,10-11,13H2,(H,22,24). The second-order valence-corrected chi connectivity index (χ2v) is 7.82. The van der Waals surface area contributed by atoms with Crippen LogP contribution in [0.3, 0.4) is 0 Å². The van der Waals surface area contributed by atoms with Crippen LogP contribution >= 0.6 is 23.5 Å². The number of imide groups is 1. The van der Waals surface area contributed by atoms with Crippen LogP contribution in [0.25, 0.3) is 6.08 Å². The zero-order valence-electron chi connectivity index (χ0n) is 14.8. The second kappa shape index (κ2) is 9.57. The molecule has 2 aromatic carbocycles. The van der Waals surface area contributed by atoms with Crippen molar-refractivity contribution in [3.63, 3.8) is 0 Å². The Morgan fingerprint density at radius 3 is 2.57 bits per heavy atom. The third kappa shape index (κ3) is 5.24. The van der Waals surface area contributed by atoms with Gasteiger partial charge in [0.1, 0.15) is 5.82 Å². The van der Waals surface area contributed by atoms with Gasteiger partial charge in [0, 0.05) is 18.0 Å². The highest BCUT2D eigenvalue weighted by atomic mass is 32.2. The predicted molar refractivity (Wildman–Crippen MR) is 109 cm³/mol. The van der Waals surface area contributed by atoms with Gasteiger partial charge < -0.3 is 5.32 Å². The molecule has 0 aromatic heterocycles. The summed E-state index contributed by atoms with van der Waals surface area (Å²) in [5.74, 6) is -0.978. The van der Waals surface area contributed by atoms with Gasteiger partial charge in [-0.1, -0.05) is 42.5 Å². The topological polar surface area (TPSA) is 66.5 Å². The zero-order chi connectivity index (χ0) is 19.9. The van der Waals surface area contributed by atoms with Gasteiger partial charge in [-0.15, -0.1) is 11.8 Å². The summed E-state index contributed by atoms with van der Waals surface area (Å²) in [6.45, 7) is 0.236. The Labute approximate surface area is 170 Å². The summed E-state index contributed by atoms with van der Waals surface area (Å²) in [6.07, 6.45) is 1.68. The van der Waals surface area contributed by atoms with Crippen LogP contribution in [0.1, 0.15) is 5.56 Å². The molecule has 0 bridgehead atoms. The first-order valence-corrected chi connectivity index (χ1v) is 10.3. The minimum absolute atomic E-state index is 0.0523. The SMILES string of the molecule is O=C(CSc1ccccc1F)NCCN1C(=O)SC(=Cc2ccccc2)C1=O. The normalized spacial score (nSPS) is 15.3. The number of rotatable bonds is 7. The molecule has 0 aliphatic carbocycles. The lowest BCUT2D eigenvalue weighted by atomic mass is 10.2. The summed E-state index contributed by atoms with van der Waals surface area (Å²) in [6, 6.07) is 15.5. The fourth-order valence-electron chi connectivity index (χ4n) is 2.46. The van der Waals surface area contributed by atoms with E-state index in [1.807, 2.05) is 30.3 Å². The lowest BCUT2D eigenvalue weighted by molar-refractivity contribution is -0.123. The Bertz CT molecular complexity index is 919. The summed E-state index contributed by atoms with van der Waals surface area (Å²) in [4.78, 5) is 38.3. The van der Waals surface area contributed by atoms with Gasteiger partial charge in [0.2, 0.25) is 5.91 Å². The highest BCUT2D eigenvalue weighted by molar-refractivity contribution is 8.18. The van der Waals surface area contributed by atoms with Crippen molar-refractivity contribution >= 4 is 46.7 Å². The van der Waals surface area contributed by atoms with Crippen LogP contribution in [0.4, 0.5) is 9.18 Å². The van der Waals surface area contributed by atoms with Gasteiger partial charge in [0.05, 0.1) is 10.7 Å². The quantitative estimate of drug-likeness (QED) is 0.550. The number of carbonyl (C=O) groups is 3. The van der Waals surface area contributed by atoms with Gasteiger partial charge in [-0.3, -0.25) is 19.3 Å². The molecule has 1 saturated heterocycles. The van der Waals surface area contributed by atoms with Crippen molar-refractivity contribution in [1.29, 1.82) is 0 Å². The first kappa shape index (κ1) is 20.2. The van der Waals surface area contributed by atoms with E-state index in [1.54, 1.807) is 24.3 Å². The van der Waals surface area contributed by atoms with Crippen LogP contribution in [-0.2, 0) is 9.59 Å². The number of benzene rings is 2. The molecule has 8 heteroatoms. The van der Waals surface area contributed by atoms with Crippen LogP contribution < -0.4 is 5.32 Å². The maximum Gasteiger partial charge on any atom is 0.293 e. The van der Waals surface area contributed by atoms with Gasteiger partial charge in [0.25, 0.3) is 11.1 Å². The third-order valence-electron chi connectivity index (χ3n) is 3.82. The molecule has 0 atom stereocenters. The van der Waals surface area contributed by atoms with E-state index in [0.29, 0.717) is 9.80 Å². The fraction of sp³-hybridized carbons (Fsp3) is 0.150. The molecule has 1 aliphatic rings. The minimum Gasteiger partial charge on any atom is -0.354 e. The monoisotopic (exact) mass is 416 g/mol. The van der Waals surface area contributed by atoms with Crippen LogP contribution in [0.2, 0.25) is 0 Å². The minimum atomic E-state index is -0.372. The Kier molecular flexibility index (Phi) is 6.89. The van der Waals surface area contributed by atoms with Crippen molar-refractivity contribution in [2.45, 2.75) is 4.90 Å². The third-order valence-corrected chi connectivity index (χ3v) is 5.78. The highest BCUT2D eigenvalue weighted by Crippen LogP contribution is 2.31. The van der Waals surface area contributed by atoms with Gasteiger partial charge >= 0.3 is 0 Å². The van der Waals surface area contributed by atoms with Crippen LogP contribution in [-0.4, -0.2) is 40.8 Å². The highest BCUT2D eigenvalue weighted by Gasteiger charge is 2.34. The smallest absolute Gasteiger partial charge is 0.293 e. The predicted octanol–water partition coefficient (Wildman–Crippen LogP) is 3.77. The summed E-state index contributed by atoms with van der Waals surface area (Å²) >= 11 is 1.98. The summed E-state index contributed by atoms with van der Waals surface area (Å²) in [5.41, 5.74) is 0.839.